The smallest absolute Gasteiger partial charge is 0.0980 e. The number of allylic oxidation sites excluding steroid dienone is 3. The van der Waals surface area contributed by atoms with Gasteiger partial charge in [-0.05, 0) is 93.5 Å². The van der Waals surface area contributed by atoms with Crippen LogP contribution in [0.3, 0.4) is 0 Å². The number of aromatic nitrogens is 2. The highest BCUT2D eigenvalue weighted by Crippen LogP contribution is 2.67. The fraction of sp³-hybridized carbons (Fsp3) is 0.536. The van der Waals surface area contributed by atoms with Gasteiger partial charge in [0.1, 0.15) is 0 Å². The van der Waals surface area contributed by atoms with Crippen molar-refractivity contribution in [1.82, 2.24) is 15.1 Å². The highest BCUT2D eigenvalue weighted by atomic mass is 16.5. The summed E-state index contributed by atoms with van der Waals surface area (Å²) in [5.74, 6) is 0.516. The van der Waals surface area contributed by atoms with Crippen molar-refractivity contribution in [2.45, 2.75) is 69.1 Å². The third kappa shape index (κ3) is 2.32. The van der Waals surface area contributed by atoms with Gasteiger partial charge >= 0.3 is 0 Å². The number of hydrogen-bond donors (Lipinski definition) is 1. The maximum Gasteiger partial charge on any atom is 0.0980 e. The fourth-order valence-corrected chi connectivity index (χ4v) is 7.96. The summed E-state index contributed by atoms with van der Waals surface area (Å²) in [6.45, 7) is 2.50. The first kappa shape index (κ1) is 19.3. The summed E-state index contributed by atoms with van der Waals surface area (Å²) >= 11 is 0. The maximum atomic E-state index is 7.37. The molecule has 2 spiro atoms. The van der Waals surface area contributed by atoms with Gasteiger partial charge in [-0.25, -0.2) is 0 Å². The minimum atomic E-state index is -0.108. The lowest BCUT2D eigenvalue weighted by Gasteiger charge is -2.54. The molecular weight excluding hydrogens is 394 g/mol. The number of fused-ring (bicyclic) bond motifs is 2. The van der Waals surface area contributed by atoms with E-state index in [0.717, 1.165) is 24.8 Å². The van der Waals surface area contributed by atoms with Gasteiger partial charge in [0, 0.05) is 22.8 Å². The summed E-state index contributed by atoms with van der Waals surface area (Å²) in [5, 5.41) is 8.51. The Morgan fingerprint density at radius 3 is 2.97 bits per heavy atom. The lowest BCUT2D eigenvalue weighted by atomic mass is 9.58. The Morgan fingerprint density at radius 2 is 2.09 bits per heavy atom. The van der Waals surface area contributed by atoms with Crippen LogP contribution in [0.25, 0.3) is 16.5 Å². The zero-order valence-electron chi connectivity index (χ0n) is 19.4. The molecule has 3 heterocycles. The molecule has 0 unspecified atom stereocenters. The Morgan fingerprint density at radius 1 is 1.19 bits per heavy atom. The molecule has 1 aromatic heterocycles. The molecule has 3 aliphatic carbocycles. The molecule has 5 atom stereocenters. The van der Waals surface area contributed by atoms with Gasteiger partial charge in [0.15, 0.2) is 0 Å². The number of benzene rings is 1. The molecule has 166 valence electrons. The SMILES string of the molecule is CN(C)[C@@H]1CCC2=CC3=CC[C@]4(C)C(c5ccc6[nH]ncc6c5)=CC[C@H]4[C@@]34CC[C@]2(C1)O4. The van der Waals surface area contributed by atoms with Crippen molar-refractivity contribution in [1.29, 1.82) is 0 Å². The number of rotatable bonds is 2. The van der Waals surface area contributed by atoms with Crippen LogP contribution in [0.2, 0.25) is 0 Å². The first-order valence-corrected chi connectivity index (χ1v) is 12.4. The Bertz CT molecular complexity index is 1220. The van der Waals surface area contributed by atoms with Crippen molar-refractivity contribution in [3.63, 3.8) is 0 Å². The van der Waals surface area contributed by atoms with Crippen LogP contribution in [0.15, 0.2) is 53.8 Å². The van der Waals surface area contributed by atoms with Gasteiger partial charge in [-0.1, -0.05) is 31.2 Å². The van der Waals surface area contributed by atoms with E-state index in [1.807, 2.05) is 6.20 Å². The standard InChI is InChI=1S/C28H33N3O/c1-26-11-10-21-15-20-5-6-22(31(2)3)16-27(20)12-13-28(21,32-27)25(26)9-7-23(26)18-4-8-24-19(14-18)17-29-30-24/h4,7-8,10,14-15,17,22,25H,5-6,9,11-13,16H2,1-3H3,(H,29,30)/t22-,25-,26-,27-,28-/m1/s1. The first-order valence-electron chi connectivity index (χ1n) is 12.4. The van der Waals surface area contributed by atoms with E-state index in [2.05, 4.69) is 72.5 Å². The number of hydrogen-bond acceptors (Lipinski definition) is 3. The second kappa shape index (κ2) is 6.24. The zero-order chi connectivity index (χ0) is 21.7. The van der Waals surface area contributed by atoms with Crippen LogP contribution >= 0.6 is 0 Å². The minimum absolute atomic E-state index is 0.0266. The Kier molecular flexibility index (Phi) is 3.76. The topological polar surface area (TPSA) is 41.2 Å². The molecule has 2 aromatic rings. The molecule has 2 fully saturated rings. The number of nitrogens with zero attached hydrogens (tertiary/aromatic N) is 2. The molecule has 4 nitrogen and oxygen atoms in total. The summed E-state index contributed by atoms with van der Waals surface area (Å²) in [6.07, 6.45) is 17.7. The van der Waals surface area contributed by atoms with Crippen molar-refractivity contribution in [2.24, 2.45) is 11.3 Å². The molecule has 7 rings (SSSR count). The Labute approximate surface area is 190 Å². The van der Waals surface area contributed by atoms with E-state index in [-0.39, 0.29) is 16.6 Å². The van der Waals surface area contributed by atoms with E-state index < -0.39 is 0 Å². The lowest BCUT2D eigenvalue weighted by molar-refractivity contribution is -0.134. The van der Waals surface area contributed by atoms with Gasteiger partial charge in [0.25, 0.3) is 0 Å². The van der Waals surface area contributed by atoms with Gasteiger partial charge in [0.05, 0.1) is 22.9 Å². The molecule has 1 saturated carbocycles. The summed E-state index contributed by atoms with van der Waals surface area (Å²) in [6, 6.07) is 7.39. The van der Waals surface area contributed by atoms with E-state index in [1.54, 1.807) is 5.57 Å². The highest BCUT2D eigenvalue weighted by Gasteiger charge is 2.65. The maximum absolute atomic E-state index is 7.37. The second-order valence-electron chi connectivity index (χ2n) is 11.4. The second-order valence-corrected chi connectivity index (χ2v) is 11.4. The van der Waals surface area contributed by atoms with Crippen LogP contribution in [0, 0.1) is 11.3 Å². The van der Waals surface area contributed by atoms with E-state index in [0.29, 0.717) is 12.0 Å². The first-order chi connectivity index (χ1) is 15.4. The molecule has 32 heavy (non-hydrogen) atoms. The van der Waals surface area contributed by atoms with E-state index >= 15 is 0 Å². The van der Waals surface area contributed by atoms with Crippen LogP contribution in [-0.2, 0) is 4.74 Å². The predicted molar refractivity (Wildman–Crippen MR) is 128 cm³/mol. The minimum Gasteiger partial charge on any atom is -0.359 e. The highest BCUT2D eigenvalue weighted by molar-refractivity contribution is 5.85. The fourth-order valence-electron chi connectivity index (χ4n) is 7.96. The lowest BCUT2D eigenvalue weighted by Crippen LogP contribution is -2.54. The summed E-state index contributed by atoms with van der Waals surface area (Å²) in [4.78, 5) is 2.41. The molecule has 1 aromatic carbocycles. The van der Waals surface area contributed by atoms with E-state index in [9.17, 15) is 0 Å². The number of aromatic amines is 1. The van der Waals surface area contributed by atoms with Crippen LogP contribution in [0.4, 0.5) is 0 Å². The molecule has 4 heteroatoms. The Hall–Kier alpha value is -2.17. The molecule has 0 amide bonds. The Balaban J connectivity index is 1.29. The molecule has 1 N–H and O–H groups in total. The molecule has 2 aliphatic heterocycles. The molecule has 1 saturated heterocycles. The number of nitrogens with one attached hydrogen (secondary N) is 1. The normalized spacial score (nSPS) is 39.9. The molecule has 2 bridgehead atoms. The monoisotopic (exact) mass is 427 g/mol. The van der Waals surface area contributed by atoms with Gasteiger partial charge in [-0.2, -0.15) is 5.10 Å². The van der Waals surface area contributed by atoms with Crippen LogP contribution in [0.1, 0.15) is 57.4 Å². The van der Waals surface area contributed by atoms with Gasteiger partial charge < -0.3 is 9.64 Å². The van der Waals surface area contributed by atoms with Crippen molar-refractivity contribution >= 4 is 16.5 Å². The summed E-state index contributed by atoms with van der Waals surface area (Å²) < 4.78 is 7.37. The zero-order valence-corrected chi connectivity index (χ0v) is 19.4. The quantitative estimate of drug-likeness (QED) is 0.674. The average molecular weight is 428 g/mol. The van der Waals surface area contributed by atoms with E-state index in [4.69, 9.17) is 4.74 Å². The van der Waals surface area contributed by atoms with Gasteiger partial charge in [-0.15, -0.1) is 0 Å². The van der Waals surface area contributed by atoms with Crippen LogP contribution < -0.4 is 0 Å². The van der Waals surface area contributed by atoms with Gasteiger partial charge in [0.2, 0.25) is 0 Å². The summed E-state index contributed by atoms with van der Waals surface area (Å²) in [5.41, 5.74) is 7.02. The van der Waals surface area contributed by atoms with Crippen LogP contribution in [-0.4, -0.2) is 46.4 Å². The van der Waals surface area contributed by atoms with Crippen LogP contribution in [0.5, 0.6) is 0 Å². The third-order valence-electron chi connectivity index (χ3n) is 9.73. The third-order valence-corrected chi connectivity index (χ3v) is 9.73. The number of ether oxygens (including phenoxy) is 1. The predicted octanol–water partition coefficient (Wildman–Crippen LogP) is 5.64. The molecular formula is C28H33N3O. The van der Waals surface area contributed by atoms with Crippen molar-refractivity contribution in [3.8, 4) is 0 Å². The van der Waals surface area contributed by atoms with Gasteiger partial charge in [-0.3, -0.25) is 5.10 Å². The average Bonchev–Trinajstić information content (AvgIpc) is 3.47. The molecule has 5 aliphatic rings. The largest absolute Gasteiger partial charge is 0.359 e. The number of H-pyrrole nitrogens is 1. The van der Waals surface area contributed by atoms with Crippen molar-refractivity contribution in [2.75, 3.05) is 14.1 Å². The molecule has 0 radical (unpaired) electrons. The van der Waals surface area contributed by atoms with Crippen molar-refractivity contribution in [3.05, 3.63) is 59.3 Å². The van der Waals surface area contributed by atoms with Crippen molar-refractivity contribution < 1.29 is 4.74 Å². The van der Waals surface area contributed by atoms with E-state index in [1.165, 1.54) is 47.8 Å². The summed E-state index contributed by atoms with van der Waals surface area (Å²) in [7, 11) is 4.47.